The molecule has 0 atom stereocenters. The van der Waals surface area contributed by atoms with Gasteiger partial charge in [0.05, 0.1) is 13.0 Å². The van der Waals surface area contributed by atoms with Gasteiger partial charge in [-0.05, 0) is 25.7 Å². The molecule has 1 rings (SSSR count). The molecule has 0 bridgehead atoms. The van der Waals surface area contributed by atoms with Crippen molar-refractivity contribution in [2.75, 3.05) is 14.2 Å². The summed E-state index contributed by atoms with van der Waals surface area (Å²) in [5.74, 6) is -0.282. The fourth-order valence-corrected chi connectivity index (χ4v) is 2.68. The minimum atomic E-state index is -3.38. The maximum absolute atomic E-state index is 11.2. The summed E-state index contributed by atoms with van der Waals surface area (Å²) in [5, 5.41) is 0. The molecule has 0 aliphatic heterocycles. The predicted molar refractivity (Wildman–Crippen MR) is 58.9 cm³/mol. The van der Waals surface area contributed by atoms with Gasteiger partial charge in [0.1, 0.15) is 0 Å². The van der Waals surface area contributed by atoms with Crippen molar-refractivity contribution in [2.24, 2.45) is 5.92 Å². The zero-order valence-corrected chi connectivity index (χ0v) is 10.3. The Kier molecular flexibility index (Phi) is 4.69. The van der Waals surface area contributed by atoms with Crippen LogP contribution < -0.4 is 9.44 Å². The summed E-state index contributed by atoms with van der Waals surface area (Å²) in [6, 6.07) is -0.0849. The first kappa shape index (κ1) is 13.4. The Morgan fingerprint density at radius 3 is 2.25 bits per heavy atom. The van der Waals surface area contributed by atoms with E-state index in [0.717, 1.165) is 0 Å². The second kappa shape index (κ2) is 5.60. The van der Waals surface area contributed by atoms with Gasteiger partial charge in [0, 0.05) is 13.1 Å². The molecule has 6 nitrogen and oxygen atoms in total. The summed E-state index contributed by atoms with van der Waals surface area (Å²) in [6.45, 7) is 0. The minimum absolute atomic E-state index is 0.0830. The number of carbonyl (C=O) groups is 1. The lowest BCUT2D eigenvalue weighted by Gasteiger charge is -2.27. The van der Waals surface area contributed by atoms with Crippen molar-refractivity contribution in [3.63, 3.8) is 0 Å². The first-order valence-electron chi connectivity index (χ1n) is 5.27. The predicted octanol–water partition coefficient (Wildman–Crippen LogP) is -0.228. The average Bonchev–Trinajstić information content (AvgIpc) is 2.28. The fourth-order valence-electron chi connectivity index (χ4n) is 1.89. The van der Waals surface area contributed by atoms with E-state index in [9.17, 15) is 13.2 Å². The van der Waals surface area contributed by atoms with Gasteiger partial charge < -0.3 is 4.74 Å². The Morgan fingerprint density at radius 1 is 1.25 bits per heavy atom. The normalized spacial score (nSPS) is 26.4. The molecule has 16 heavy (non-hydrogen) atoms. The summed E-state index contributed by atoms with van der Waals surface area (Å²) in [5.41, 5.74) is 0. The van der Waals surface area contributed by atoms with Crippen molar-refractivity contribution >= 4 is 16.2 Å². The van der Waals surface area contributed by atoms with Gasteiger partial charge in [-0.1, -0.05) is 0 Å². The van der Waals surface area contributed by atoms with E-state index in [1.807, 2.05) is 0 Å². The van der Waals surface area contributed by atoms with Crippen LogP contribution in [0.5, 0.6) is 0 Å². The Morgan fingerprint density at radius 2 is 1.81 bits per heavy atom. The third-order valence-corrected chi connectivity index (χ3v) is 4.03. The molecule has 1 aliphatic carbocycles. The molecule has 0 radical (unpaired) electrons. The van der Waals surface area contributed by atoms with Crippen LogP contribution in [0, 0.1) is 5.92 Å². The van der Waals surface area contributed by atoms with Gasteiger partial charge in [-0.3, -0.25) is 4.79 Å². The first-order valence-corrected chi connectivity index (χ1v) is 6.75. The van der Waals surface area contributed by atoms with E-state index in [-0.39, 0.29) is 17.9 Å². The van der Waals surface area contributed by atoms with Crippen LogP contribution in [0.4, 0.5) is 0 Å². The van der Waals surface area contributed by atoms with Crippen LogP contribution in [0.2, 0.25) is 0 Å². The second-order valence-corrected chi connectivity index (χ2v) is 5.55. The number of carbonyl (C=O) groups excluding carboxylic acids is 1. The largest absolute Gasteiger partial charge is 0.469 e. The van der Waals surface area contributed by atoms with Gasteiger partial charge in [-0.25, -0.2) is 4.72 Å². The fraction of sp³-hybridized carbons (Fsp3) is 0.889. The molecule has 1 saturated carbocycles. The average molecular weight is 250 g/mol. The summed E-state index contributed by atoms with van der Waals surface area (Å²) >= 11 is 0. The van der Waals surface area contributed by atoms with Crippen molar-refractivity contribution in [2.45, 2.75) is 31.7 Å². The van der Waals surface area contributed by atoms with Gasteiger partial charge >= 0.3 is 5.97 Å². The van der Waals surface area contributed by atoms with Crippen molar-refractivity contribution in [3.05, 3.63) is 0 Å². The smallest absolute Gasteiger partial charge is 0.308 e. The molecule has 0 unspecified atom stereocenters. The zero-order chi connectivity index (χ0) is 12.2. The highest BCUT2D eigenvalue weighted by atomic mass is 32.2. The number of hydrogen-bond acceptors (Lipinski definition) is 4. The maximum atomic E-state index is 11.2. The van der Waals surface area contributed by atoms with Crippen molar-refractivity contribution in [1.82, 2.24) is 9.44 Å². The summed E-state index contributed by atoms with van der Waals surface area (Å²) in [6.07, 6.45) is 2.68. The molecule has 0 aromatic carbocycles. The van der Waals surface area contributed by atoms with Crippen LogP contribution in [0.25, 0.3) is 0 Å². The summed E-state index contributed by atoms with van der Waals surface area (Å²) in [7, 11) is -0.642. The lowest BCUT2D eigenvalue weighted by atomic mass is 9.86. The highest BCUT2D eigenvalue weighted by molar-refractivity contribution is 7.87. The molecule has 0 saturated heterocycles. The lowest BCUT2D eigenvalue weighted by molar-refractivity contribution is -0.146. The molecule has 0 spiro atoms. The Bertz CT molecular complexity index is 333. The van der Waals surface area contributed by atoms with E-state index in [4.69, 9.17) is 0 Å². The van der Waals surface area contributed by atoms with Gasteiger partial charge in [0.15, 0.2) is 0 Å². The number of methoxy groups -OCH3 is 1. The van der Waals surface area contributed by atoms with Gasteiger partial charge in [0.2, 0.25) is 0 Å². The van der Waals surface area contributed by atoms with Gasteiger partial charge in [0.25, 0.3) is 10.2 Å². The third-order valence-electron chi connectivity index (χ3n) is 2.85. The minimum Gasteiger partial charge on any atom is -0.469 e. The second-order valence-electron chi connectivity index (χ2n) is 3.90. The van der Waals surface area contributed by atoms with Crippen LogP contribution in [-0.4, -0.2) is 34.6 Å². The quantitative estimate of drug-likeness (QED) is 0.675. The van der Waals surface area contributed by atoms with Crippen LogP contribution in [0.15, 0.2) is 0 Å². The summed E-state index contributed by atoms with van der Waals surface area (Å²) < 4.78 is 31.8. The molecular weight excluding hydrogens is 232 g/mol. The molecule has 1 aliphatic rings. The number of rotatable bonds is 4. The van der Waals surface area contributed by atoms with Crippen LogP contribution in [0.3, 0.4) is 0 Å². The van der Waals surface area contributed by atoms with Crippen molar-refractivity contribution in [1.29, 1.82) is 0 Å². The number of hydrogen-bond donors (Lipinski definition) is 2. The molecule has 2 N–H and O–H groups in total. The molecule has 7 heteroatoms. The molecule has 94 valence electrons. The van der Waals surface area contributed by atoms with Gasteiger partial charge in [-0.2, -0.15) is 13.1 Å². The highest BCUT2D eigenvalue weighted by Gasteiger charge is 2.28. The van der Waals surface area contributed by atoms with Crippen molar-refractivity contribution < 1.29 is 17.9 Å². The standard InChI is InChI=1S/C9H18N2O4S/c1-10-16(13,14)11-8-5-3-7(4-6-8)9(12)15-2/h7-8,10-11H,3-6H2,1-2H3. The van der Waals surface area contributed by atoms with E-state index >= 15 is 0 Å². The van der Waals surface area contributed by atoms with Gasteiger partial charge in [-0.15, -0.1) is 0 Å². The van der Waals surface area contributed by atoms with Crippen LogP contribution in [0.1, 0.15) is 25.7 Å². The SMILES string of the molecule is CNS(=O)(=O)NC1CCC(C(=O)OC)CC1. The maximum Gasteiger partial charge on any atom is 0.308 e. The van der Waals surface area contributed by atoms with E-state index < -0.39 is 10.2 Å². The van der Waals surface area contributed by atoms with E-state index in [1.54, 1.807) is 0 Å². The highest BCUT2D eigenvalue weighted by Crippen LogP contribution is 2.25. The molecule has 1 fully saturated rings. The van der Waals surface area contributed by atoms with E-state index in [0.29, 0.717) is 25.7 Å². The molecular formula is C9H18N2O4S. The Balaban J connectivity index is 2.41. The summed E-state index contributed by atoms with van der Waals surface area (Å²) in [4.78, 5) is 11.2. The molecule has 0 amide bonds. The Labute approximate surface area is 95.9 Å². The topological polar surface area (TPSA) is 84.5 Å². The van der Waals surface area contributed by atoms with Crippen LogP contribution >= 0.6 is 0 Å². The molecule has 0 aromatic heterocycles. The number of nitrogens with one attached hydrogen (secondary N) is 2. The van der Waals surface area contributed by atoms with Crippen molar-refractivity contribution in [3.8, 4) is 0 Å². The third kappa shape index (κ3) is 3.73. The zero-order valence-electron chi connectivity index (χ0n) is 9.52. The number of esters is 1. The first-order chi connectivity index (χ1) is 7.48. The molecule has 0 aromatic rings. The number of ether oxygens (including phenoxy) is 1. The Hall–Kier alpha value is -0.660. The van der Waals surface area contributed by atoms with Crippen LogP contribution in [-0.2, 0) is 19.7 Å². The molecule has 0 heterocycles. The van der Waals surface area contributed by atoms with E-state index in [2.05, 4.69) is 14.2 Å². The monoisotopic (exact) mass is 250 g/mol. The lowest BCUT2D eigenvalue weighted by Crippen LogP contribution is -2.43. The van der Waals surface area contributed by atoms with E-state index in [1.165, 1.54) is 14.2 Å².